The number of carbonyl (C=O) groups excluding carboxylic acids is 1. The van der Waals surface area contributed by atoms with Crippen LogP contribution in [0, 0.1) is 0 Å². The molecule has 1 fully saturated rings. The Balaban J connectivity index is 1.82. The molecule has 0 radical (unpaired) electrons. The molecule has 0 amide bonds. The van der Waals surface area contributed by atoms with Gasteiger partial charge in [-0.25, -0.2) is 18.4 Å². The van der Waals surface area contributed by atoms with E-state index in [2.05, 4.69) is 15.4 Å². The van der Waals surface area contributed by atoms with E-state index in [0.29, 0.717) is 43.0 Å². The van der Waals surface area contributed by atoms with Crippen LogP contribution in [0.4, 0.5) is 14.6 Å². The van der Waals surface area contributed by atoms with Gasteiger partial charge in [-0.05, 0) is 49.9 Å². The highest BCUT2D eigenvalue weighted by molar-refractivity contribution is 5.75. The third kappa shape index (κ3) is 5.32. The number of ketones is 1. The minimum Gasteiger partial charge on any atom is -0.390 e. The summed E-state index contributed by atoms with van der Waals surface area (Å²) >= 11 is 0. The normalized spacial score (nSPS) is 17.0. The van der Waals surface area contributed by atoms with E-state index in [0.717, 1.165) is 5.56 Å². The Hall–Kier alpha value is -2.35. The summed E-state index contributed by atoms with van der Waals surface area (Å²) in [7, 11) is 0. The Morgan fingerprint density at radius 2 is 2.11 bits per heavy atom. The molecule has 2 N–H and O–H groups in total. The van der Waals surface area contributed by atoms with Crippen LogP contribution in [0.15, 0.2) is 24.4 Å². The highest BCUT2D eigenvalue weighted by atomic mass is 19.3. The molecule has 8 heteroatoms. The summed E-state index contributed by atoms with van der Waals surface area (Å²) in [4.78, 5) is 15.9. The van der Waals surface area contributed by atoms with Crippen LogP contribution >= 0.6 is 0 Å². The summed E-state index contributed by atoms with van der Waals surface area (Å²) < 4.78 is 28.3. The summed E-state index contributed by atoms with van der Waals surface area (Å²) in [5, 5.41) is 16.7. The smallest absolute Gasteiger partial charge is 0.248 e. The first-order valence-corrected chi connectivity index (χ1v) is 9.15. The highest BCUT2D eigenvalue weighted by Crippen LogP contribution is 2.34. The molecule has 3 rings (SSSR count). The number of nitrogens with one attached hydrogen (secondary N) is 1. The Labute approximate surface area is 156 Å². The number of aliphatic hydroxyl groups excluding tert-OH is 1. The van der Waals surface area contributed by atoms with Crippen LogP contribution in [-0.2, 0) is 17.8 Å². The number of Topliss-reactive ketones (excluding diaryl/α,β-unsaturated/α-hetero) is 1. The van der Waals surface area contributed by atoms with E-state index in [1.807, 2.05) is 12.1 Å². The van der Waals surface area contributed by atoms with Crippen LogP contribution in [0.3, 0.4) is 0 Å². The Kier molecular flexibility index (Phi) is 5.84. The fraction of sp³-hybridized carbons (Fsp3) is 0.526. The van der Waals surface area contributed by atoms with Crippen molar-refractivity contribution >= 4 is 11.6 Å². The quantitative estimate of drug-likeness (QED) is 0.773. The molecule has 0 atom stereocenters. The van der Waals surface area contributed by atoms with Gasteiger partial charge >= 0.3 is 0 Å². The maximum absolute atomic E-state index is 13.4. The molecular weight excluding hydrogens is 354 g/mol. The van der Waals surface area contributed by atoms with Gasteiger partial charge in [-0.2, -0.15) is 5.10 Å². The molecule has 0 saturated heterocycles. The van der Waals surface area contributed by atoms with Crippen molar-refractivity contribution in [1.82, 2.24) is 14.8 Å². The summed E-state index contributed by atoms with van der Waals surface area (Å²) in [6.45, 7) is 1.38. The van der Waals surface area contributed by atoms with E-state index < -0.39 is 5.92 Å². The third-order valence-electron chi connectivity index (χ3n) is 4.75. The molecule has 0 unspecified atom stereocenters. The number of hydrogen-bond donors (Lipinski definition) is 2. The second-order valence-corrected chi connectivity index (χ2v) is 7.11. The Bertz CT molecular complexity index is 797. The summed E-state index contributed by atoms with van der Waals surface area (Å²) in [5.41, 5.74) is 1.44. The molecule has 1 aliphatic carbocycles. The Morgan fingerprint density at radius 3 is 2.74 bits per heavy atom. The molecule has 0 aliphatic heterocycles. The zero-order valence-electron chi connectivity index (χ0n) is 15.3. The summed E-state index contributed by atoms with van der Waals surface area (Å²) in [6.07, 6.45) is 3.21. The molecule has 2 heterocycles. The fourth-order valence-electron chi connectivity index (χ4n) is 3.19. The molecule has 2 aromatic rings. The van der Waals surface area contributed by atoms with E-state index in [1.165, 1.54) is 0 Å². The number of nitrogens with zero attached hydrogens (tertiary/aromatic N) is 3. The van der Waals surface area contributed by atoms with Gasteiger partial charge in [0.25, 0.3) is 0 Å². The molecule has 6 nitrogen and oxygen atoms in total. The average molecular weight is 378 g/mol. The van der Waals surface area contributed by atoms with Crippen LogP contribution in [0.1, 0.15) is 50.3 Å². The van der Waals surface area contributed by atoms with Crippen molar-refractivity contribution in [2.75, 3.05) is 5.32 Å². The van der Waals surface area contributed by atoms with Crippen molar-refractivity contribution in [1.29, 1.82) is 0 Å². The molecule has 0 aromatic carbocycles. The lowest BCUT2D eigenvalue weighted by Crippen LogP contribution is -2.32. The van der Waals surface area contributed by atoms with Gasteiger partial charge in [0.05, 0.1) is 12.3 Å². The first-order chi connectivity index (χ1) is 12.8. The van der Waals surface area contributed by atoms with Crippen LogP contribution in [0.2, 0.25) is 0 Å². The molecule has 146 valence electrons. The minimum absolute atomic E-state index is 0.0568. The average Bonchev–Trinajstić information content (AvgIpc) is 3.11. The van der Waals surface area contributed by atoms with Crippen molar-refractivity contribution in [2.24, 2.45) is 0 Å². The molecule has 0 spiro atoms. The van der Waals surface area contributed by atoms with Gasteiger partial charge in [-0.3, -0.25) is 0 Å². The largest absolute Gasteiger partial charge is 0.390 e. The number of carbonyl (C=O) groups is 1. The zero-order chi connectivity index (χ0) is 19.4. The third-order valence-corrected chi connectivity index (χ3v) is 4.75. The van der Waals surface area contributed by atoms with Gasteiger partial charge in [0.15, 0.2) is 5.82 Å². The van der Waals surface area contributed by atoms with Crippen LogP contribution in [0.25, 0.3) is 5.82 Å². The number of aromatic nitrogens is 3. The van der Waals surface area contributed by atoms with E-state index >= 15 is 0 Å². The molecular formula is C19H24F2N4O2. The second kappa shape index (κ2) is 8.12. The highest BCUT2D eigenvalue weighted by Gasteiger charge is 2.34. The lowest BCUT2D eigenvalue weighted by atomic mass is 9.92. The topological polar surface area (TPSA) is 80.0 Å². The number of anilines is 1. The van der Waals surface area contributed by atoms with Gasteiger partial charge in [-0.1, -0.05) is 0 Å². The van der Waals surface area contributed by atoms with Crippen molar-refractivity contribution in [2.45, 2.75) is 64.0 Å². The monoisotopic (exact) mass is 378 g/mol. The maximum Gasteiger partial charge on any atom is 0.248 e. The number of aryl methyl sites for hydroxylation is 1. The van der Waals surface area contributed by atoms with Crippen molar-refractivity contribution in [3.8, 4) is 5.82 Å². The van der Waals surface area contributed by atoms with Gasteiger partial charge in [0.2, 0.25) is 5.92 Å². The van der Waals surface area contributed by atoms with E-state index in [4.69, 9.17) is 0 Å². The van der Waals surface area contributed by atoms with Gasteiger partial charge < -0.3 is 15.2 Å². The molecule has 1 saturated carbocycles. The van der Waals surface area contributed by atoms with Gasteiger partial charge in [0.1, 0.15) is 11.6 Å². The van der Waals surface area contributed by atoms with Crippen molar-refractivity contribution < 1.29 is 18.7 Å². The number of halogens is 2. The first-order valence-electron chi connectivity index (χ1n) is 9.15. The SMILES string of the molecule is CC(=O)CCc1cc(NC2CCC(F)(F)CC2)nc(-n2ccc(CO)n2)c1. The van der Waals surface area contributed by atoms with Gasteiger partial charge in [-0.15, -0.1) is 0 Å². The number of hydrogen-bond acceptors (Lipinski definition) is 5. The van der Waals surface area contributed by atoms with Gasteiger partial charge in [0, 0.05) is 31.5 Å². The minimum atomic E-state index is -2.57. The van der Waals surface area contributed by atoms with Crippen LogP contribution in [-0.4, -0.2) is 37.6 Å². The molecule has 27 heavy (non-hydrogen) atoms. The number of rotatable bonds is 7. The summed E-state index contributed by atoms with van der Waals surface area (Å²) in [5.74, 6) is -1.34. The standard InChI is InChI=1S/C19H24F2N4O2/c1-13(27)2-3-14-10-17(22-15-4-7-19(20,21)8-5-15)23-18(11-14)25-9-6-16(12-26)24-25/h6,9-11,15,26H,2-5,7-8,12H2,1H3,(H,22,23). The predicted octanol–water partition coefficient (Wildman–Crippen LogP) is 3.27. The maximum atomic E-state index is 13.4. The lowest BCUT2D eigenvalue weighted by molar-refractivity contribution is -0.116. The molecule has 1 aliphatic rings. The fourth-order valence-corrected chi connectivity index (χ4v) is 3.19. The second-order valence-electron chi connectivity index (χ2n) is 7.11. The predicted molar refractivity (Wildman–Crippen MR) is 97.1 cm³/mol. The van der Waals surface area contributed by atoms with Crippen LogP contribution in [0.5, 0.6) is 0 Å². The van der Waals surface area contributed by atoms with E-state index in [9.17, 15) is 18.7 Å². The van der Waals surface area contributed by atoms with E-state index in [-0.39, 0.29) is 31.3 Å². The summed E-state index contributed by atoms with van der Waals surface area (Å²) in [6, 6.07) is 5.34. The number of alkyl halides is 2. The van der Waals surface area contributed by atoms with Crippen molar-refractivity contribution in [3.05, 3.63) is 35.7 Å². The van der Waals surface area contributed by atoms with E-state index in [1.54, 1.807) is 23.9 Å². The molecule has 0 bridgehead atoms. The van der Waals surface area contributed by atoms with Crippen molar-refractivity contribution in [3.63, 3.8) is 0 Å². The number of pyridine rings is 1. The lowest BCUT2D eigenvalue weighted by Gasteiger charge is -2.29. The molecule has 2 aromatic heterocycles. The number of aliphatic hydroxyl groups is 1. The van der Waals surface area contributed by atoms with Crippen LogP contribution < -0.4 is 5.32 Å². The zero-order valence-corrected chi connectivity index (χ0v) is 15.3. The Morgan fingerprint density at radius 1 is 1.37 bits per heavy atom. The first kappa shape index (κ1) is 19.4.